The number of methoxy groups -OCH3 is 1. The van der Waals surface area contributed by atoms with Gasteiger partial charge < -0.3 is 10.1 Å². The van der Waals surface area contributed by atoms with Crippen molar-refractivity contribution in [3.63, 3.8) is 0 Å². The smallest absolute Gasteiger partial charge is 0.253 e. The molecular weight excluding hydrogens is 180 g/mol. The Morgan fingerprint density at radius 3 is 2.79 bits per heavy atom. The number of rotatable bonds is 3. The molecular formula is C10H14N2O2. The Kier molecular flexibility index (Phi) is 3.59. The summed E-state index contributed by atoms with van der Waals surface area (Å²) in [5, 5.41) is 2.69. The maximum Gasteiger partial charge on any atom is 0.253 e. The van der Waals surface area contributed by atoms with Crippen LogP contribution in [0.5, 0.6) is 0 Å². The highest BCUT2D eigenvalue weighted by Gasteiger charge is 2.10. The first-order valence-corrected chi connectivity index (χ1v) is 4.40. The third kappa shape index (κ3) is 2.81. The van der Waals surface area contributed by atoms with Crippen LogP contribution in [-0.4, -0.2) is 24.1 Å². The van der Waals surface area contributed by atoms with E-state index < -0.39 is 6.10 Å². The molecule has 0 aliphatic heterocycles. The lowest BCUT2D eigenvalue weighted by atomic mass is 10.3. The first kappa shape index (κ1) is 10.7. The highest BCUT2D eigenvalue weighted by molar-refractivity contribution is 5.93. The molecule has 0 saturated carbocycles. The molecule has 1 unspecified atom stereocenters. The molecule has 4 nitrogen and oxygen atoms in total. The number of amides is 1. The van der Waals surface area contributed by atoms with Crippen molar-refractivity contribution in [2.75, 3.05) is 12.4 Å². The third-order valence-electron chi connectivity index (χ3n) is 1.90. The lowest BCUT2D eigenvalue weighted by Crippen LogP contribution is -2.26. The average Bonchev–Trinajstić information content (AvgIpc) is 2.20. The molecule has 1 N–H and O–H groups in total. The van der Waals surface area contributed by atoms with Crippen molar-refractivity contribution in [2.45, 2.75) is 20.0 Å². The van der Waals surface area contributed by atoms with Crippen LogP contribution < -0.4 is 5.32 Å². The van der Waals surface area contributed by atoms with E-state index in [1.165, 1.54) is 7.11 Å². The maximum absolute atomic E-state index is 11.4. The molecule has 0 fully saturated rings. The number of nitrogens with zero attached hydrogens (tertiary/aromatic N) is 1. The van der Waals surface area contributed by atoms with Crippen LogP contribution in [-0.2, 0) is 9.53 Å². The molecule has 4 heteroatoms. The molecule has 0 aliphatic carbocycles. The summed E-state index contributed by atoms with van der Waals surface area (Å²) in [7, 11) is 1.50. The zero-order chi connectivity index (χ0) is 10.6. The van der Waals surface area contributed by atoms with E-state index in [2.05, 4.69) is 10.3 Å². The van der Waals surface area contributed by atoms with Crippen LogP contribution in [0.2, 0.25) is 0 Å². The van der Waals surface area contributed by atoms with Gasteiger partial charge >= 0.3 is 0 Å². The SMILES string of the molecule is COC(C)C(=O)Nc1ccc(C)nc1. The molecule has 1 rings (SSSR count). The van der Waals surface area contributed by atoms with Gasteiger partial charge in [-0.1, -0.05) is 0 Å². The van der Waals surface area contributed by atoms with Crippen LogP contribution in [0, 0.1) is 6.92 Å². The normalized spacial score (nSPS) is 12.2. The van der Waals surface area contributed by atoms with Gasteiger partial charge in [-0.25, -0.2) is 0 Å². The third-order valence-corrected chi connectivity index (χ3v) is 1.90. The Hall–Kier alpha value is -1.42. The number of carbonyl (C=O) groups is 1. The number of hydrogen-bond acceptors (Lipinski definition) is 3. The molecule has 0 radical (unpaired) electrons. The first-order valence-electron chi connectivity index (χ1n) is 4.40. The highest BCUT2D eigenvalue weighted by atomic mass is 16.5. The van der Waals surface area contributed by atoms with Gasteiger partial charge in [0, 0.05) is 12.8 Å². The van der Waals surface area contributed by atoms with Gasteiger partial charge in [-0.2, -0.15) is 0 Å². The number of pyridine rings is 1. The van der Waals surface area contributed by atoms with E-state index in [1.54, 1.807) is 13.1 Å². The molecule has 14 heavy (non-hydrogen) atoms. The van der Waals surface area contributed by atoms with Crippen LogP contribution in [0.15, 0.2) is 18.3 Å². The second-order valence-corrected chi connectivity index (χ2v) is 3.06. The Morgan fingerprint density at radius 1 is 1.57 bits per heavy atom. The predicted octanol–water partition coefficient (Wildman–Crippen LogP) is 1.36. The van der Waals surface area contributed by atoms with E-state index in [-0.39, 0.29) is 5.91 Å². The van der Waals surface area contributed by atoms with Gasteiger partial charge in [0.25, 0.3) is 5.91 Å². The summed E-state index contributed by atoms with van der Waals surface area (Å²) in [6.45, 7) is 3.58. The largest absolute Gasteiger partial charge is 0.372 e. The van der Waals surface area contributed by atoms with E-state index in [0.717, 1.165) is 5.69 Å². The molecule has 0 aromatic carbocycles. The van der Waals surface area contributed by atoms with Gasteiger partial charge in [0.1, 0.15) is 6.10 Å². The van der Waals surface area contributed by atoms with Crippen molar-refractivity contribution in [3.05, 3.63) is 24.0 Å². The van der Waals surface area contributed by atoms with Gasteiger partial charge in [0.2, 0.25) is 0 Å². The first-order chi connectivity index (χ1) is 6.63. The summed E-state index contributed by atoms with van der Waals surface area (Å²) < 4.78 is 4.88. The fourth-order valence-electron chi connectivity index (χ4n) is 0.893. The van der Waals surface area contributed by atoms with Crippen molar-refractivity contribution >= 4 is 11.6 Å². The predicted molar refractivity (Wildman–Crippen MR) is 54.1 cm³/mol. The fourth-order valence-corrected chi connectivity index (χ4v) is 0.893. The van der Waals surface area contributed by atoms with Crippen molar-refractivity contribution in [2.24, 2.45) is 0 Å². The number of carbonyl (C=O) groups excluding carboxylic acids is 1. The number of ether oxygens (including phenoxy) is 1. The van der Waals surface area contributed by atoms with E-state index >= 15 is 0 Å². The van der Waals surface area contributed by atoms with Crippen LogP contribution in [0.1, 0.15) is 12.6 Å². The second kappa shape index (κ2) is 4.72. The van der Waals surface area contributed by atoms with Gasteiger partial charge in [0.15, 0.2) is 0 Å². The molecule has 76 valence electrons. The summed E-state index contributed by atoms with van der Waals surface area (Å²) in [4.78, 5) is 15.4. The number of nitrogens with one attached hydrogen (secondary N) is 1. The Labute approximate surface area is 83.3 Å². The number of aromatic nitrogens is 1. The van der Waals surface area contributed by atoms with Crippen molar-refractivity contribution in [1.29, 1.82) is 0 Å². The summed E-state index contributed by atoms with van der Waals surface area (Å²) in [5.74, 6) is -0.168. The van der Waals surface area contributed by atoms with Gasteiger partial charge in [-0.05, 0) is 26.0 Å². The Bertz CT molecular complexity index is 308. The van der Waals surface area contributed by atoms with E-state index in [9.17, 15) is 4.79 Å². The molecule has 0 aliphatic rings. The Morgan fingerprint density at radius 2 is 2.29 bits per heavy atom. The molecule has 0 saturated heterocycles. The monoisotopic (exact) mass is 194 g/mol. The van der Waals surface area contributed by atoms with Crippen LogP contribution in [0.25, 0.3) is 0 Å². The van der Waals surface area contributed by atoms with Crippen LogP contribution in [0.4, 0.5) is 5.69 Å². The summed E-state index contributed by atoms with van der Waals surface area (Å²) in [6.07, 6.45) is 1.17. The van der Waals surface area contributed by atoms with Gasteiger partial charge in [-0.3, -0.25) is 9.78 Å². The topological polar surface area (TPSA) is 51.2 Å². The Balaban J connectivity index is 2.60. The molecule has 1 aromatic heterocycles. The zero-order valence-electron chi connectivity index (χ0n) is 8.57. The van der Waals surface area contributed by atoms with E-state index in [1.807, 2.05) is 19.1 Å². The second-order valence-electron chi connectivity index (χ2n) is 3.06. The minimum Gasteiger partial charge on any atom is -0.372 e. The fraction of sp³-hybridized carbons (Fsp3) is 0.400. The van der Waals surface area contributed by atoms with E-state index in [0.29, 0.717) is 5.69 Å². The number of hydrogen-bond donors (Lipinski definition) is 1. The standard InChI is InChI=1S/C10H14N2O2/c1-7-4-5-9(6-11-7)12-10(13)8(2)14-3/h4-6,8H,1-3H3,(H,12,13). The molecule has 1 amide bonds. The highest BCUT2D eigenvalue weighted by Crippen LogP contribution is 2.06. The minimum absolute atomic E-state index is 0.168. The minimum atomic E-state index is -0.448. The number of anilines is 1. The van der Waals surface area contributed by atoms with Gasteiger partial charge in [-0.15, -0.1) is 0 Å². The average molecular weight is 194 g/mol. The summed E-state index contributed by atoms with van der Waals surface area (Å²) >= 11 is 0. The lowest BCUT2D eigenvalue weighted by molar-refractivity contribution is -0.124. The van der Waals surface area contributed by atoms with Crippen molar-refractivity contribution < 1.29 is 9.53 Å². The van der Waals surface area contributed by atoms with E-state index in [4.69, 9.17) is 4.74 Å². The summed E-state index contributed by atoms with van der Waals surface area (Å²) in [5.41, 5.74) is 1.60. The quantitative estimate of drug-likeness (QED) is 0.790. The molecule has 0 bridgehead atoms. The van der Waals surface area contributed by atoms with Crippen LogP contribution >= 0.6 is 0 Å². The number of aryl methyl sites for hydroxylation is 1. The van der Waals surface area contributed by atoms with Crippen molar-refractivity contribution in [3.8, 4) is 0 Å². The summed E-state index contributed by atoms with van der Waals surface area (Å²) in [6, 6.07) is 3.65. The van der Waals surface area contributed by atoms with Crippen molar-refractivity contribution in [1.82, 2.24) is 4.98 Å². The molecule has 1 atom stereocenters. The lowest BCUT2D eigenvalue weighted by Gasteiger charge is -2.09. The molecule has 1 heterocycles. The zero-order valence-corrected chi connectivity index (χ0v) is 8.57. The molecule has 0 spiro atoms. The maximum atomic E-state index is 11.4. The molecule has 1 aromatic rings. The van der Waals surface area contributed by atoms with Crippen LogP contribution in [0.3, 0.4) is 0 Å². The van der Waals surface area contributed by atoms with Gasteiger partial charge in [0.05, 0.1) is 11.9 Å².